The molecule has 0 aliphatic carbocycles. The highest BCUT2D eigenvalue weighted by molar-refractivity contribution is 7.80. The van der Waals surface area contributed by atoms with E-state index in [4.69, 9.17) is 16.6 Å². The summed E-state index contributed by atoms with van der Waals surface area (Å²) >= 11 is 5.54. The first-order valence-electron chi connectivity index (χ1n) is 9.12. The summed E-state index contributed by atoms with van der Waals surface area (Å²) in [4.78, 5) is 6.50. The van der Waals surface area contributed by atoms with E-state index in [0.29, 0.717) is 23.8 Å². The van der Waals surface area contributed by atoms with Crippen LogP contribution in [0.3, 0.4) is 0 Å². The molecule has 144 valence electrons. The number of hydrogen-bond acceptors (Lipinski definition) is 4. The zero-order valence-corrected chi connectivity index (χ0v) is 15.9. The first kappa shape index (κ1) is 18.6. The van der Waals surface area contributed by atoms with E-state index in [2.05, 4.69) is 10.3 Å². The number of halogens is 1. The summed E-state index contributed by atoms with van der Waals surface area (Å²) in [5.74, 6) is 1.11. The first-order chi connectivity index (χ1) is 13.7. The van der Waals surface area contributed by atoms with Crippen molar-refractivity contribution in [1.29, 1.82) is 0 Å². The largest absolute Gasteiger partial charge is 0.459 e. The third-order valence-corrected chi connectivity index (χ3v) is 5.15. The van der Waals surface area contributed by atoms with E-state index in [9.17, 15) is 9.50 Å². The summed E-state index contributed by atoms with van der Waals surface area (Å²) in [5.41, 5.74) is 1.67. The molecule has 0 spiro atoms. The third-order valence-electron chi connectivity index (χ3n) is 4.80. The number of aliphatic hydroxyl groups excluding tert-OH is 1. The number of aromatic nitrogens is 1. The Labute approximate surface area is 167 Å². The highest BCUT2D eigenvalue weighted by Gasteiger charge is 2.41. The van der Waals surface area contributed by atoms with Crippen molar-refractivity contribution in [2.75, 3.05) is 13.2 Å². The number of furan rings is 1. The molecule has 1 aliphatic rings. The van der Waals surface area contributed by atoms with Crippen LogP contribution in [0.5, 0.6) is 0 Å². The maximum atomic E-state index is 13.2. The van der Waals surface area contributed by atoms with Crippen LogP contribution in [0.1, 0.15) is 30.0 Å². The number of nitrogens with zero attached hydrogens (tertiary/aromatic N) is 2. The predicted octanol–water partition coefficient (Wildman–Crippen LogP) is 3.84. The van der Waals surface area contributed by atoms with Gasteiger partial charge in [0.1, 0.15) is 23.4 Å². The molecule has 0 saturated carbocycles. The van der Waals surface area contributed by atoms with Crippen molar-refractivity contribution in [3.63, 3.8) is 0 Å². The Morgan fingerprint density at radius 2 is 1.96 bits per heavy atom. The van der Waals surface area contributed by atoms with E-state index in [1.807, 2.05) is 35.2 Å². The molecule has 0 radical (unpaired) electrons. The zero-order valence-electron chi connectivity index (χ0n) is 15.1. The van der Waals surface area contributed by atoms with Crippen molar-refractivity contribution in [2.45, 2.75) is 18.5 Å². The van der Waals surface area contributed by atoms with Crippen molar-refractivity contribution in [3.8, 4) is 11.3 Å². The molecule has 1 aliphatic heterocycles. The number of nitrogens with one attached hydrogen (secondary N) is 1. The number of rotatable bonds is 6. The van der Waals surface area contributed by atoms with Crippen LogP contribution in [0.15, 0.2) is 65.2 Å². The lowest BCUT2D eigenvalue weighted by Crippen LogP contribution is -2.30. The SMILES string of the molecule is OCCCN1C(=S)N[C@@H](c2ccccn2)[C@@H]1c1ccc(-c2ccc(F)cc2)o1. The summed E-state index contributed by atoms with van der Waals surface area (Å²) in [7, 11) is 0. The Kier molecular flexibility index (Phi) is 5.36. The molecular weight excluding hydrogens is 377 g/mol. The van der Waals surface area contributed by atoms with Crippen LogP contribution in [0, 0.1) is 5.82 Å². The Balaban J connectivity index is 1.70. The number of aliphatic hydroxyl groups is 1. The minimum Gasteiger partial charge on any atom is -0.459 e. The first-order valence-corrected chi connectivity index (χ1v) is 9.53. The van der Waals surface area contributed by atoms with Crippen molar-refractivity contribution in [2.24, 2.45) is 0 Å². The van der Waals surface area contributed by atoms with Crippen LogP contribution in [-0.4, -0.2) is 33.3 Å². The van der Waals surface area contributed by atoms with Gasteiger partial charge in [-0.3, -0.25) is 4.98 Å². The highest BCUT2D eigenvalue weighted by atomic mass is 32.1. The standard InChI is InChI=1S/C21H20FN3O2S/c22-15-7-5-14(6-8-15)17-9-10-18(27-17)20-19(16-4-1-2-11-23-16)24-21(28)25(20)12-3-13-26/h1-2,4-11,19-20,26H,3,12-13H2,(H,24,28)/t19-,20-/m0/s1. The van der Waals surface area contributed by atoms with Gasteiger partial charge in [-0.2, -0.15) is 0 Å². The molecule has 1 aromatic carbocycles. The number of thiocarbonyl (C=S) groups is 1. The van der Waals surface area contributed by atoms with Gasteiger partial charge in [-0.1, -0.05) is 6.07 Å². The maximum absolute atomic E-state index is 13.2. The van der Waals surface area contributed by atoms with Crippen LogP contribution in [-0.2, 0) is 0 Å². The lowest BCUT2D eigenvalue weighted by Gasteiger charge is -2.25. The molecule has 2 N–H and O–H groups in total. The Bertz CT molecular complexity index is 946. The van der Waals surface area contributed by atoms with Gasteiger partial charge < -0.3 is 19.7 Å². The Hall–Kier alpha value is -2.77. The molecule has 7 heteroatoms. The van der Waals surface area contributed by atoms with Gasteiger partial charge in [0.2, 0.25) is 0 Å². The smallest absolute Gasteiger partial charge is 0.170 e. The molecule has 28 heavy (non-hydrogen) atoms. The van der Waals surface area contributed by atoms with Gasteiger partial charge in [-0.15, -0.1) is 0 Å². The average Bonchev–Trinajstić information content (AvgIpc) is 3.32. The number of hydrogen-bond donors (Lipinski definition) is 2. The van der Waals surface area contributed by atoms with Crippen molar-refractivity contribution in [3.05, 3.63) is 78.1 Å². The second kappa shape index (κ2) is 8.08. The summed E-state index contributed by atoms with van der Waals surface area (Å²) in [6.07, 6.45) is 2.35. The molecule has 0 amide bonds. The highest BCUT2D eigenvalue weighted by Crippen LogP contribution is 2.40. The molecule has 2 atom stereocenters. The lowest BCUT2D eigenvalue weighted by molar-refractivity contribution is 0.233. The molecular formula is C21H20FN3O2S. The monoisotopic (exact) mass is 397 g/mol. The number of benzene rings is 1. The molecule has 0 bridgehead atoms. The Morgan fingerprint density at radius 3 is 2.68 bits per heavy atom. The van der Waals surface area contributed by atoms with Crippen LogP contribution in [0.2, 0.25) is 0 Å². The fourth-order valence-electron chi connectivity index (χ4n) is 3.48. The van der Waals surface area contributed by atoms with Gasteiger partial charge in [0.15, 0.2) is 5.11 Å². The zero-order chi connectivity index (χ0) is 19.5. The van der Waals surface area contributed by atoms with Crippen LogP contribution < -0.4 is 5.32 Å². The number of pyridine rings is 1. The van der Waals surface area contributed by atoms with Gasteiger partial charge in [-0.05, 0) is 67.2 Å². The second-order valence-corrected chi connectivity index (χ2v) is 6.99. The van der Waals surface area contributed by atoms with Gasteiger partial charge in [-0.25, -0.2) is 4.39 Å². The normalized spacial score (nSPS) is 19.1. The molecule has 3 aromatic rings. The van der Waals surface area contributed by atoms with Gasteiger partial charge in [0, 0.05) is 24.9 Å². The summed E-state index contributed by atoms with van der Waals surface area (Å²) in [5, 5.41) is 13.2. The van der Waals surface area contributed by atoms with Crippen LogP contribution in [0.4, 0.5) is 4.39 Å². The van der Waals surface area contributed by atoms with E-state index in [0.717, 1.165) is 17.0 Å². The average molecular weight is 397 g/mol. The quantitative estimate of drug-likeness (QED) is 0.617. The van der Waals surface area contributed by atoms with Gasteiger partial charge >= 0.3 is 0 Å². The van der Waals surface area contributed by atoms with E-state index in [1.165, 1.54) is 12.1 Å². The molecule has 0 unspecified atom stereocenters. The van der Waals surface area contributed by atoms with E-state index in [-0.39, 0.29) is 24.5 Å². The van der Waals surface area contributed by atoms with Gasteiger partial charge in [0.05, 0.1) is 11.7 Å². The molecule has 4 rings (SSSR count). The molecule has 1 fully saturated rings. The predicted molar refractivity (Wildman–Crippen MR) is 108 cm³/mol. The van der Waals surface area contributed by atoms with E-state index < -0.39 is 0 Å². The van der Waals surface area contributed by atoms with Crippen LogP contribution >= 0.6 is 12.2 Å². The summed E-state index contributed by atoms with van der Waals surface area (Å²) < 4.78 is 19.4. The second-order valence-electron chi connectivity index (χ2n) is 6.61. The van der Waals surface area contributed by atoms with E-state index in [1.54, 1.807) is 18.3 Å². The topological polar surface area (TPSA) is 61.5 Å². The van der Waals surface area contributed by atoms with Crippen LogP contribution in [0.25, 0.3) is 11.3 Å². The molecule has 3 heterocycles. The molecule has 5 nitrogen and oxygen atoms in total. The van der Waals surface area contributed by atoms with Gasteiger partial charge in [0.25, 0.3) is 0 Å². The fraction of sp³-hybridized carbons (Fsp3) is 0.238. The lowest BCUT2D eigenvalue weighted by atomic mass is 10.0. The minimum atomic E-state index is -0.286. The van der Waals surface area contributed by atoms with Crippen molar-refractivity contribution < 1.29 is 13.9 Å². The summed E-state index contributed by atoms with van der Waals surface area (Å²) in [6.45, 7) is 0.683. The molecule has 2 aromatic heterocycles. The fourth-order valence-corrected chi connectivity index (χ4v) is 3.81. The van der Waals surface area contributed by atoms with E-state index >= 15 is 0 Å². The third kappa shape index (κ3) is 3.63. The summed E-state index contributed by atoms with van der Waals surface area (Å²) in [6, 6.07) is 15.4. The Morgan fingerprint density at radius 1 is 1.14 bits per heavy atom. The minimum absolute atomic E-state index is 0.0824. The van der Waals surface area contributed by atoms with Crippen molar-refractivity contribution >= 4 is 17.3 Å². The molecule has 1 saturated heterocycles. The van der Waals surface area contributed by atoms with Crippen molar-refractivity contribution in [1.82, 2.24) is 15.2 Å². The maximum Gasteiger partial charge on any atom is 0.170 e.